The number of carbonyl (C=O) groups excluding carboxylic acids is 2. The maximum Gasteiger partial charge on any atom is 0.348 e. The van der Waals surface area contributed by atoms with Crippen molar-refractivity contribution in [1.29, 1.82) is 0 Å². The Hall–Kier alpha value is -2.22. The van der Waals surface area contributed by atoms with Crippen molar-refractivity contribution in [3.63, 3.8) is 0 Å². The lowest BCUT2D eigenvalue weighted by Crippen LogP contribution is -2.48. The third-order valence-corrected chi connectivity index (χ3v) is 4.69. The van der Waals surface area contributed by atoms with Crippen molar-refractivity contribution in [2.75, 3.05) is 31.1 Å². The molecule has 2 aromatic rings. The molecular formula is C14H16N4O3S. The number of ether oxygens (including phenoxy) is 1. The zero-order valence-corrected chi connectivity index (χ0v) is 13.2. The van der Waals surface area contributed by atoms with Gasteiger partial charge in [-0.2, -0.15) is 0 Å². The van der Waals surface area contributed by atoms with Gasteiger partial charge in [0.1, 0.15) is 21.9 Å². The number of aryl methyl sites for hydroxylation is 1. The van der Waals surface area contributed by atoms with E-state index in [2.05, 4.69) is 15.3 Å². The molecule has 0 spiro atoms. The lowest BCUT2D eigenvalue weighted by molar-refractivity contribution is -0.120. The Morgan fingerprint density at radius 1 is 1.50 bits per heavy atom. The summed E-state index contributed by atoms with van der Waals surface area (Å²) in [4.78, 5) is 35.4. The Morgan fingerprint density at radius 3 is 3.05 bits per heavy atom. The van der Waals surface area contributed by atoms with E-state index < -0.39 is 0 Å². The Morgan fingerprint density at radius 2 is 2.32 bits per heavy atom. The van der Waals surface area contributed by atoms with Crippen molar-refractivity contribution in [2.24, 2.45) is 0 Å². The van der Waals surface area contributed by atoms with Gasteiger partial charge in [-0.05, 0) is 19.4 Å². The molecule has 22 heavy (non-hydrogen) atoms. The van der Waals surface area contributed by atoms with Crippen LogP contribution in [0, 0.1) is 6.92 Å². The van der Waals surface area contributed by atoms with Crippen LogP contribution in [0.3, 0.4) is 0 Å². The van der Waals surface area contributed by atoms with E-state index in [-0.39, 0.29) is 18.4 Å². The van der Waals surface area contributed by atoms with Crippen molar-refractivity contribution in [2.45, 2.75) is 13.8 Å². The Bertz CT molecular complexity index is 743. The minimum atomic E-state index is -0.342. The van der Waals surface area contributed by atoms with Crippen molar-refractivity contribution in [3.05, 3.63) is 16.8 Å². The van der Waals surface area contributed by atoms with Crippen LogP contribution >= 0.6 is 11.3 Å². The number of fused-ring (bicyclic) bond motifs is 1. The predicted octanol–water partition coefficient (Wildman–Crippen LogP) is 1.11. The third kappa shape index (κ3) is 2.50. The lowest BCUT2D eigenvalue weighted by atomic mass is 10.2. The maximum absolute atomic E-state index is 12.0. The van der Waals surface area contributed by atoms with Crippen molar-refractivity contribution >= 4 is 39.2 Å². The molecule has 0 bridgehead atoms. The highest BCUT2D eigenvalue weighted by Gasteiger charge is 2.24. The van der Waals surface area contributed by atoms with E-state index >= 15 is 0 Å². The average molecular weight is 320 g/mol. The number of rotatable bonds is 3. The standard InChI is InChI=1S/C14H16N4O3S/c1-3-21-14(20)11-8(2)10-12(16-7-17-13(10)22-11)18-5-4-15-9(19)6-18/h7H,3-6H2,1-2H3,(H,15,19). The molecule has 1 aliphatic rings. The molecule has 7 nitrogen and oxygen atoms in total. The predicted molar refractivity (Wildman–Crippen MR) is 83.3 cm³/mol. The second-order valence-corrected chi connectivity index (χ2v) is 5.92. The highest BCUT2D eigenvalue weighted by atomic mass is 32.1. The van der Waals surface area contributed by atoms with Gasteiger partial charge in [-0.15, -0.1) is 11.3 Å². The number of hydrogen-bond acceptors (Lipinski definition) is 7. The summed E-state index contributed by atoms with van der Waals surface area (Å²) in [6.45, 7) is 5.49. The van der Waals surface area contributed by atoms with E-state index in [1.54, 1.807) is 6.92 Å². The van der Waals surface area contributed by atoms with E-state index in [1.807, 2.05) is 11.8 Å². The normalized spacial score (nSPS) is 15.0. The third-order valence-electron chi connectivity index (χ3n) is 3.51. The molecule has 0 saturated carbocycles. The van der Waals surface area contributed by atoms with Gasteiger partial charge in [-0.3, -0.25) is 4.79 Å². The lowest BCUT2D eigenvalue weighted by Gasteiger charge is -2.28. The van der Waals surface area contributed by atoms with Crippen molar-refractivity contribution < 1.29 is 14.3 Å². The number of piperazine rings is 1. The SMILES string of the molecule is CCOC(=O)c1sc2ncnc(N3CCNC(=O)C3)c2c1C. The molecule has 1 aliphatic heterocycles. The number of anilines is 1. The first-order chi connectivity index (χ1) is 10.6. The van der Waals surface area contributed by atoms with Gasteiger partial charge in [0.05, 0.1) is 18.5 Å². The second kappa shape index (κ2) is 5.88. The fourth-order valence-corrected chi connectivity index (χ4v) is 3.54. The summed E-state index contributed by atoms with van der Waals surface area (Å²) in [7, 11) is 0. The molecule has 3 rings (SSSR count). The second-order valence-electron chi connectivity index (χ2n) is 4.93. The molecule has 1 saturated heterocycles. The van der Waals surface area contributed by atoms with Gasteiger partial charge in [0, 0.05) is 13.1 Å². The van der Waals surface area contributed by atoms with Crippen LogP contribution in [0.4, 0.5) is 5.82 Å². The Balaban J connectivity index is 2.08. The first-order valence-corrected chi connectivity index (χ1v) is 7.86. The zero-order chi connectivity index (χ0) is 15.7. The average Bonchev–Trinajstić information content (AvgIpc) is 2.85. The molecule has 3 heterocycles. The van der Waals surface area contributed by atoms with E-state index in [0.717, 1.165) is 15.8 Å². The minimum absolute atomic E-state index is 0.0310. The molecular weight excluding hydrogens is 304 g/mol. The van der Waals surface area contributed by atoms with Gasteiger partial charge in [0.15, 0.2) is 0 Å². The molecule has 0 aromatic carbocycles. The monoisotopic (exact) mass is 320 g/mol. The maximum atomic E-state index is 12.0. The van der Waals surface area contributed by atoms with Crippen LogP contribution in [0.2, 0.25) is 0 Å². The van der Waals surface area contributed by atoms with E-state index in [1.165, 1.54) is 17.7 Å². The fourth-order valence-electron chi connectivity index (χ4n) is 2.50. The summed E-state index contributed by atoms with van der Waals surface area (Å²) >= 11 is 1.30. The quantitative estimate of drug-likeness (QED) is 0.853. The number of carbonyl (C=O) groups is 2. The zero-order valence-electron chi connectivity index (χ0n) is 12.4. The van der Waals surface area contributed by atoms with Crippen LogP contribution in [-0.2, 0) is 9.53 Å². The molecule has 0 unspecified atom stereocenters. The molecule has 0 aliphatic carbocycles. The van der Waals surface area contributed by atoms with E-state index in [4.69, 9.17) is 4.74 Å². The van der Waals surface area contributed by atoms with Gasteiger partial charge in [-0.25, -0.2) is 14.8 Å². The van der Waals surface area contributed by atoms with Crippen LogP contribution in [0.15, 0.2) is 6.33 Å². The summed E-state index contributed by atoms with van der Waals surface area (Å²) in [5, 5.41) is 3.61. The van der Waals surface area contributed by atoms with Crippen LogP contribution < -0.4 is 10.2 Å². The van der Waals surface area contributed by atoms with Crippen LogP contribution in [0.25, 0.3) is 10.2 Å². The molecule has 1 fully saturated rings. The number of aromatic nitrogens is 2. The van der Waals surface area contributed by atoms with Crippen molar-refractivity contribution in [3.8, 4) is 0 Å². The topological polar surface area (TPSA) is 84.4 Å². The fraction of sp³-hybridized carbons (Fsp3) is 0.429. The summed E-state index contributed by atoms with van der Waals surface area (Å²) in [5.74, 6) is 0.325. The minimum Gasteiger partial charge on any atom is -0.462 e. The van der Waals surface area contributed by atoms with Crippen molar-refractivity contribution in [1.82, 2.24) is 15.3 Å². The van der Waals surface area contributed by atoms with Gasteiger partial charge < -0.3 is 15.0 Å². The number of hydrogen-bond donors (Lipinski definition) is 1. The molecule has 0 radical (unpaired) electrons. The molecule has 116 valence electrons. The summed E-state index contributed by atoms with van der Waals surface area (Å²) in [6.07, 6.45) is 1.47. The summed E-state index contributed by atoms with van der Waals surface area (Å²) in [5.41, 5.74) is 0.806. The van der Waals surface area contributed by atoms with Crippen LogP contribution in [0.1, 0.15) is 22.2 Å². The molecule has 0 atom stereocenters. The largest absolute Gasteiger partial charge is 0.462 e. The number of esters is 1. The van der Waals surface area contributed by atoms with E-state index in [0.29, 0.717) is 30.4 Å². The molecule has 1 amide bonds. The van der Waals surface area contributed by atoms with Gasteiger partial charge in [-0.1, -0.05) is 0 Å². The Labute approximate surface area is 131 Å². The highest BCUT2D eigenvalue weighted by Crippen LogP contribution is 2.35. The first-order valence-electron chi connectivity index (χ1n) is 7.04. The summed E-state index contributed by atoms with van der Waals surface area (Å²) in [6, 6.07) is 0. The summed E-state index contributed by atoms with van der Waals surface area (Å²) < 4.78 is 5.09. The van der Waals surface area contributed by atoms with Gasteiger partial charge in [0.2, 0.25) is 5.91 Å². The smallest absolute Gasteiger partial charge is 0.348 e. The number of nitrogens with one attached hydrogen (secondary N) is 1. The number of nitrogens with zero attached hydrogens (tertiary/aromatic N) is 3. The molecule has 1 N–H and O–H groups in total. The van der Waals surface area contributed by atoms with Crippen LogP contribution in [0.5, 0.6) is 0 Å². The Kier molecular flexibility index (Phi) is 3.93. The molecule has 2 aromatic heterocycles. The van der Waals surface area contributed by atoms with Gasteiger partial charge >= 0.3 is 5.97 Å². The number of thiophene rings is 1. The first kappa shape index (κ1) is 14.7. The molecule has 8 heteroatoms. The van der Waals surface area contributed by atoms with Gasteiger partial charge in [0.25, 0.3) is 0 Å². The van der Waals surface area contributed by atoms with Crippen LogP contribution in [-0.4, -0.2) is 48.1 Å². The van der Waals surface area contributed by atoms with E-state index in [9.17, 15) is 9.59 Å². The highest BCUT2D eigenvalue weighted by molar-refractivity contribution is 7.20. The number of amides is 1.